The lowest BCUT2D eigenvalue weighted by atomic mass is 9.83. The van der Waals surface area contributed by atoms with Crippen molar-refractivity contribution in [1.82, 2.24) is 0 Å². The van der Waals surface area contributed by atoms with Gasteiger partial charge in [-0.05, 0) is 33.6 Å². The van der Waals surface area contributed by atoms with Crippen LogP contribution < -0.4 is 5.73 Å². The van der Waals surface area contributed by atoms with Crippen LogP contribution in [0.25, 0.3) is 0 Å². The Balaban J connectivity index is 3.39. The molecule has 0 amide bonds. The number of hydrogen-bond acceptors (Lipinski definition) is 4. The molecule has 1 rings (SSSR count). The maximum atomic E-state index is 13.4. The summed E-state index contributed by atoms with van der Waals surface area (Å²) in [4.78, 5) is 22.4. The number of carboxylic acid groups (broad SMARTS) is 1. The lowest BCUT2D eigenvalue weighted by Crippen LogP contribution is -2.35. The van der Waals surface area contributed by atoms with Crippen molar-refractivity contribution in [1.29, 1.82) is 0 Å². The Labute approximate surface area is 132 Å². The smallest absolute Gasteiger partial charge is 0.396 e. The Morgan fingerprint density at radius 3 is 2.41 bits per heavy atom. The van der Waals surface area contributed by atoms with Gasteiger partial charge in [0.05, 0.1) is 25.4 Å². The number of esters is 1. The molecule has 0 aromatic heterocycles. The van der Waals surface area contributed by atoms with Gasteiger partial charge in [-0.2, -0.15) is 13.2 Å². The first-order valence-electron chi connectivity index (χ1n) is 5.99. The van der Waals surface area contributed by atoms with Crippen LogP contribution in [0.4, 0.5) is 18.9 Å². The van der Waals surface area contributed by atoms with Gasteiger partial charge < -0.3 is 15.6 Å². The first-order chi connectivity index (χ1) is 10.1. The predicted molar refractivity (Wildman–Crippen MR) is 75.1 cm³/mol. The summed E-state index contributed by atoms with van der Waals surface area (Å²) < 4.78 is 44.7. The van der Waals surface area contributed by atoms with E-state index >= 15 is 0 Å². The molecule has 0 saturated carbocycles. The number of nitrogen functional groups attached to an aromatic ring is 1. The van der Waals surface area contributed by atoms with Crippen molar-refractivity contribution >= 4 is 33.6 Å². The third-order valence-electron chi connectivity index (χ3n) is 3.04. The van der Waals surface area contributed by atoms with Gasteiger partial charge >= 0.3 is 18.1 Å². The van der Waals surface area contributed by atoms with Gasteiger partial charge in [-0.15, -0.1) is 0 Å². The Bertz CT molecular complexity index is 577. The van der Waals surface area contributed by atoms with Crippen LogP contribution in [-0.4, -0.2) is 30.3 Å². The van der Waals surface area contributed by atoms with Crippen LogP contribution in [-0.2, 0) is 14.3 Å². The number of carboxylic acids is 1. The molecule has 0 bridgehead atoms. The molecule has 0 aliphatic carbocycles. The second-order valence-corrected chi connectivity index (χ2v) is 5.38. The summed E-state index contributed by atoms with van der Waals surface area (Å²) in [5, 5.41) is 8.78. The molecule has 0 fully saturated rings. The zero-order valence-corrected chi connectivity index (χ0v) is 12.9. The normalized spacial score (nSPS) is 14.2. The zero-order chi connectivity index (χ0) is 17.1. The lowest BCUT2D eigenvalue weighted by molar-refractivity contribution is -0.179. The molecule has 0 aliphatic heterocycles. The Morgan fingerprint density at radius 1 is 1.41 bits per heavy atom. The quantitative estimate of drug-likeness (QED) is 0.602. The average Bonchev–Trinajstić information content (AvgIpc) is 2.39. The Morgan fingerprint density at radius 2 is 2.00 bits per heavy atom. The predicted octanol–water partition coefficient (Wildman–Crippen LogP) is 2.94. The van der Waals surface area contributed by atoms with Crippen LogP contribution in [0.5, 0.6) is 0 Å². The third kappa shape index (κ3) is 4.36. The van der Waals surface area contributed by atoms with Gasteiger partial charge in [0.1, 0.15) is 0 Å². The van der Waals surface area contributed by atoms with Crippen molar-refractivity contribution in [3.8, 4) is 0 Å². The van der Waals surface area contributed by atoms with E-state index in [4.69, 9.17) is 10.8 Å². The summed E-state index contributed by atoms with van der Waals surface area (Å²) in [5.41, 5.74) is 5.47. The number of nitrogens with two attached hydrogens (primary N) is 1. The molecule has 0 heterocycles. The molecule has 0 spiro atoms. The van der Waals surface area contributed by atoms with Crippen molar-refractivity contribution < 1.29 is 32.6 Å². The third-order valence-corrected chi connectivity index (χ3v) is 3.72. The number of halogens is 4. The van der Waals surface area contributed by atoms with E-state index in [2.05, 4.69) is 20.7 Å². The molecule has 1 aromatic carbocycles. The highest BCUT2D eigenvalue weighted by Gasteiger charge is 2.49. The van der Waals surface area contributed by atoms with Gasteiger partial charge in [0, 0.05) is 10.2 Å². The second-order valence-electron chi connectivity index (χ2n) is 4.53. The van der Waals surface area contributed by atoms with Gasteiger partial charge in [-0.3, -0.25) is 9.59 Å². The molecular weight excluding hydrogens is 371 g/mol. The second kappa shape index (κ2) is 6.99. The molecule has 3 N–H and O–H groups in total. The summed E-state index contributed by atoms with van der Waals surface area (Å²) in [6.07, 6.45) is -5.83. The summed E-state index contributed by atoms with van der Waals surface area (Å²) in [6.45, 7) is 0. The van der Waals surface area contributed by atoms with E-state index in [0.717, 1.165) is 19.2 Å². The van der Waals surface area contributed by atoms with Crippen LogP contribution in [0, 0.1) is 5.92 Å². The topological polar surface area (TPSA) is 89.6 Å². The van der Waals surface area contributed by atoms with Crippen LogP contribution in [0.15, 0.2) is 22.7 Å². The average molecular weight is 384 g/mol. The monoisotopic (exact) mass is 383 g/mol. The van der Waals surface area contributed by atoms with Crippen molar-refractivity contribution in [3.05, 3.63) is 28.2 Å². The van der Waals surface area contributed by atoms with E-state index < -0.39 is 36.4 Å². The van der Waals surface area contributed by atoms with Gasteiger partial charge in [0.15, 0.2) is 0 Å². The number of alkyl halides is 3. The highest BCUT2D eigenvalue weighted by atomic mass is 79.9. The largest absolute Gasteiger partial charge is 0.481 e. The molecule has 5 nitrogen and oxygen atoms in total. The minimum Gasteiger partial charge on any atom is -0.481 e. The van der Waals surface area contributed by atoms with Crippen molar-refractivity contribution in [2.24, 2.45) is 5.92 Å². The van der Waals surface area contributed by atoms with Crippen LogP contribution >= 0.6 is 15.9 Å². The minimum atomic E-state index is -4.83. The zero-order valence-electron chi connectivity index (χ0n) is 11.4. The van der Waals surface area contributed by atoms with Gasteiger partial charge in [0.25, 0.3) is 0 Å². The van der Waals surface area contributed by atoms with E-state index in [0.29, 0.717) is 0 Å². The molecule has 22 heavy (non-hydrogen) atoms. The molecule has 0 radical (unpaired) electrons. The van der Waals surface area contributed by atoms with E-state index in [1.165, 1.54) is 6.07 Å². The SMILES string of the molecule is COC(=O)C(CC(=O)O)[C@@H](c1ccc(N)c(Br)c1)C(F)(F)F. The first kappa shape index (κ1) is 18.3. The number of anilines is 1. The standard InChI is InChI=1S/C13H13BrF3NO4/c1-22-12(21)7(5-10(19)20)11(13(15,16)17)6-2-3-9(18)8(14)4-6/h2-4,7,11H,5,18H2,1H3,(H,19,20)/t7?,11-/m1/s1. The highest BCUT2D eigenvalue weighted by Crippen LogP contribution is 2.43. The van der Waals surface area contributed by atoms with Gasteiger partial charge in [-0.25, -0.2) is 0 Å². The van der Waals surface area contributed by atoms with Crippen LogP contribution in [0.3, 0.4) is 0 Å². The lowest BCUT2D eigenvalue weighted by Gasteiger charge is -2.27. The Hall–Kier alpha value is -1.77. The summed E-state index contributed by atoms with van der Waals surface area (Å²) in [6, 6.07) is 3.47. The maximum Gasteiger partial charge on any atom is 0.396 e. The molecule has 0 aliphatic rings. The van der Waals surface area contributed by atoms with E-state index in [-0.39, 0.29) is 15.7 Å². The number of ether oxygens (including phenoxy) is 1. The number of rotatable bonds is 5. The van der Waals surface area contributed by atoms with Crippen molar-refractivity contribution in [2.75, 3.05) is 12.8 Å². The number of carbonyl (C=O) groups excluding carboxylic acids is 1. The van der Waals surface area contributed by atoms with E-state index in [1.54, 1.807) is 0 Å². The van der Waals surface area contributed by atoms with Gasteiger partial charge in [0.2, 0.25) is 0 Å². The number of aliphatic carboxylic acids is 1. The number of hydrogen-bond donors (Lipinski definition) is 2. The van der Waals surface area contributed by atoms with E-state index in [9.17, 15) is 22.8 Å². The fourth-order valence-electron chi connectivity index (χ4n) is 2.06. The summed E-state index contributed by atoms with van der Waals surface area (Å²) in [7, 11) is 0.906. The number of carbonyl (C=O) groups is 2. The van der Waals surface area contributed by atoms with Crippen molar-refractivity contribution in [2.45, 2.75) is 18.5 Å². The fourth-order valence-corrected chi connectivity index (χ4v) is 2.46. The minimum absolute atomic E-state index is 0.220. The number of benzene rings is 1. The maximum absolute atomic E-state index is 13.4. The molecule has 0 saturated heterocycles. The Kier molecular flexibility index (Phi) is 5.81. The van der Waals surface area contributed by atoms with Crippen LogP contribution in [0.2, 0.25) is 0 Å². The molecule has 1 aromatic rings. The molecule has 9 heteroatoms. The van der Waals surface area contributed by atoms with Gasteiger partial charge in [-0.1, -0.05) is 6.07 Å². The molecular formula is C13H13BrF3NO4. The summed E-state index contributed by atoms with van der Waals surface area (Å²) >= 11 is 3.01. The van der Waals surface area contributed by atoms with Crippen molar-refractivity contribution in [3.63, 3.8) is 0 Å². The molecule has 2 atom stereocenters. The molecule has 122 valence electrons. The fraction of sp³-hybridized carbons (Fsp3) is 0.385. The molecule has 1 unspecified atom stereocenters. The van der Waals surface area contributed by atoms with E-state index in [1.807, 2.05) is 0 Å². The van der Waals surface area contributed by atoms with Crippen LogP contribution in [0.1, 0.15) is 17.9 Å². The first-order valence-corrected chi connectivity index (χ1v) is 6.78. The summed E-state index contributed by atoms with van der Waals surface area (Å²) in [5.74, 6) is -6.97. The number of methoxy groups -OCH3 is 1. The highest BCUT2D eigenvalue weighted by molar-refractivity contribution is 9.10.